The zero-order valence-corrected chi connectivity index (χ0v) is 21.5. The third-order valence-electron chi connectivity index (χ3n) is 6.06. The number of carbonyl (C=O) groups is 2. The van der Waals surface area contributed by atoms with Gasteiger partial charge in [-0.3, -0.25) is 0 Å². The zero-order valence-electron chi connectivity index (χ0n) is 21.5. The van der Waals surface area contributed by atoms with E-state index in [2.05, 4.69) is 36.2 Å². The van der Waals surface area contributed by atoms with Crippen molar-refractivity contribution in [1.29, 1.82) is 0 Å². The number of amides is 1. The van der Waals surface area contributed by atoms with Crippen molar-refractivity contribution in [2.24, 2.45) is 0 Å². The maximum Gasteiger partial charge on any atom is 0.407 e. The molecule has 0 fully saturated rings. The van der Waals surface area contributed by atoms with Crippen LogP contribution in [0.2, 0.25) is 0 Å². The molecule has 1 atom stereocenters. The maximum atomic E-state index is 13.0. The van der Waals surface area contributed by atoms with E-state index in [0.717, 1.165) is 27.8 Å². The molecule has 1 aliphatic rings. The van der Waals surface area contributed by atoms with Crippen LogP contribution in [-0.4, -0.2) is 36.9 Å². The first-order valence-corrected chi connectivity index (χ1v) is 12.4. The van der Waals surface area contributed by atoms with Gasteiger partial charge in [-0.05, 0) is 60.7 Å². The number of carbonyl (C=O) groups excluding carboxylic acids is 2. The first-order chi connectivity index (χ1) is 17.7. The van der Waals surface area contributed by atoms with Crippen LogP contribution in [0, 0.1) is 0 Å². The van der Waals surface area contributed by atoms with Crippen LogP contribution in [0.15, 0.2) is 85.5 Å². The summed E-state index contributed by atoms with van der Waals surface area (Å²) in [6, 6.07) is 22.7. The first kappa shape index (κ1) is 26.0. The van der Waals surface area contributed by atoms with Gasteiger partial charge in [-0.1, -0.05) is 73.3 Å². The molecule has 3 aromatic carbocycles. The van der Waals surface area contributed by atoms with Crippen molar-refractivity contribution in [2.75, 3.05) is 13.2 Å². The van der Waals surface area contributed by atoms with Gasteiger partial charge >= 0.3 is 12.1 Å². The second-order valence-corrected chi connectivity index (χ2v) is 10.0. The minimum Gasteiger partial charge on any atom is -0.490 e. The Kier molecular flexibility index (Phi) is 7.97. The van der Waals surface area contributed by atoms with E-state index in [4.69, 9.17) is 14.2 Å². The lowest BCUT2D eigenvalue weighted by atomic mass is 9.98. The molecule has 0 saturated carbocycles. The Morgan fingerprint density at radius 3 is 2.11 bits per heavy atom. The molecule has 1 unspecified atom stereocenters. The average Bonchev–Trinajstić information content (AvgIpc) is 3.19. The number of alkyl carbamates (subject to hydrolysis) is 1. The Balaban J connectivity index is 1.44. The molecule has 1 amide bonds. The molecule has 0 aliphatic heterocycles. The molecule has 0 bridgehead atoms. The largest absolute Gasteiger partial charge is 0.490 e. The number of ether oxygens (including phenoxy) is 3. The van der Waals surface area contributed by atoms with Crippen molar-refractivity contribution in [2.45, 2.75) is 44.8 Å². The summed E-state index contributed by atoms with van der Waals surface area (Å²) in [7, 11) is 0. The highest BCUT2D eigenvalue weighted by molar-refractivity contribution is 5.82. The summed E-state index contributed by atoms with van der Waals surface area (Å²) in [4.78, 5) is 25.9. The molecule has 37 heavy (non-hydrogen) atoms. The lowest BCUT2D eigenvalue weighted by molar-refractivity contribution is -0.157. The minimum absolute atomic E-state index is 0.0683. The van der Waals surface area contributed by atoms with Crippen LogP contribution in [0.1, 0.15) is 43.4 Å². The van der Waals surface area contributed by atoms with Crippen LogP contribution in [0.25, 0.3) is 11.1 Å². The van der Waals surface area contributed by atoms with E-state index >= 15 is 0 Å². The van der Waals surface area contributed by atoms with Crippen molar-refractivity contribution >= 4 is 12.1 Å². The van der Waals surface area contributed by atoms with Gasteiger partial charge in [0.2, 0.25) is 0 Å². The summed E-state index contributed by atoms with van der Waals surface area (Å²) in [6.45, 7) is 9.59. The van der Waals surface area contributed by atoms with Crippen LogP contribution in [0.5, 0.6) is 5.75 Å². The van der Waals surface area contributed by atoms with Crippen molar-refractivity contribution in [3.8, 4) is 16.9 Å². The number of rotatable bonds is 9. The number of fused-ring (bicyclic) bond motifs is 3. The van der Waals surface area contributed by atoms with Gasteiger partial charge in [0, 0.05) is 12.3 Å². The van der Waals surface area contributed by atoms with Crippen LogP contribution in [0.4, 0.5) is 4.79 Å². The number of esters is 1. The van der Waals surface area contributed by atoms with Crippen LogP contribution >= 0.6 is 0 Å². The SMILES string of the molecule is C=CCOc1ccc(CC(NC(=O)OCC2c3ccccc3-c3ccccc32)C(=O)OC(C)(C)C)cc1. The van der Waals surface area contributed by atoms with Gasteiger partial charge in [-0.2, -0.15) is 0 Å². The highest BCUT2D eigenvalue weighted by Gasteiger charge is 2.31. The van der Waals surface area contributed by atoms with E-state index < -0.39 is 23.7 Å². The van der Waals surface area contributed by atoms with Gasteiger partial charge in [0.15, 0.2) is 0 Å². The van der Waals surface area contributed by atoms with Crippen molar-refractivity contribution in [3.63, 3.8) is 0 Å². The predicted octanol–water partition coefficient (Wildman–Crippen LogP) is 6.04. The molecule has 1 aliphatic carbocycles. The van der Waals surface area contributed by atoms with E-state index in [1.54, 1.807) is 26.8 Å². The predicted molar refractivity (Wildman–Crippen MR) is 144 cm³/mol. The van der Waals surface area contributed by atoms with Gasteiger partial charge in [-0.25, -0.2) is 9.59 Å². The highest BCUT2D eigenvalue weighted by Crippen LogP contribution is 2.44. The van der Waals surface area contributed by atoms with Crippen LogP contribution in [-0.2, 0) is 20.7 Å². The molecule has 4 rings (SSSR count). The topological polar surface area (TPSA) is 73.9 Å². The van der Waals surface area contributed by atoms with Gasteiger partial charge in [-0.15, -0.1) is 0 Å². The summed E-state index contributed by atoms with van der Waals surface area (Å²) in [6.07, 6.45) is 1.26. The van der Waals surface area contributed by atoms with Gasteiger partial charge in [0.05, 0.1) is 0 Å². The van der Waals surface area contributed by atoms with E-state index in [9.17, 15) is 9.59 Å². The second-order valence-electron chi connectivity index (χ2n) is 10.0. The van der Waals surface area contributed by atoms with Crippen molar-refractivity contribution in [3.05, 3.63) is 102 Å². The molecular weight excluding hydrogens is 466 g/mol. The zero-order chi connectivity index (χ0) is 26.4. The Morgan fingerprint density at radius 1 is 0.946 bits per heavy atom. The molecule has 0 radical (unpaired) electrons. The average molecular weight is 500 g/mol. The van der Waals surface area contributed by atoms with Crippen molar-refractivity contribution in [1.82, 2.24) is 5.32 Å². The van der Waals surface area contributed by atoms with Gasteiger partial charge < -0.3 is 19.5 Å². The van der Waals surface area contributed by atoms with Gasteiger partial charge in [0.25, 0.3) is 0 Å². The van der Waals surface area contributed by atoms with E-state index in [0.29, 0.717) is 12.4 Å². The van der Waals surface area contributed by atoms with E-state index in [-0.39, 0.29) is 18.9 Å². The Morgan fingerprint density at radius 2 is 1.54 bits per heavy atom. The molecule has 192 valence electrons. The monoisotopic (exact) mass is 499 g/mol. The molecule has 0 spiro atoms. The summed E-state index contributed by atoms with van der Waals surface area (Å²) >= 11 is 0. The quantitative estimate of drug-likeness (QED) is 0.287. The smallest absolute Gasteiger partial charge is 0.407 e. The second kappa shape index (κ2) is 11.3. The minimum atomic E-state index is -0.908. The fourth-order valence-corrected chi connectivity index (χ4v) is 4.46. The molecule has 1 N–H and O–H groups in total. The highest BCUT2D eigenvalue weighted by atomic mass is 16.6. The third kappa shape index (κ3) is 6.58. The summed E-state index contributed by atoms with van der Waals surface area (Å²) in [5.41, 5.74) is 4.71. The summed E-state index contributed by atoms with van der Waals surface area (Å²) < 4.78 is 16.8. The normalized spacial score (nSPS) is 13.2. The summed E-state index contributed by atoms with van der Waals surface area (Å²) in [5.74, 6) is 0.108. The molecule has 0 saturated heterocycles. The molecule has 0 aromatic heterocycles. The van der Waals surface area contributed by atoms with Crippen molar-refractivity contribution < 1.29 is 23.8 Å². The maximum absolute atomic E-state index is 13.0. The molecule has 6 heteroatoms. The third-order valence-corrected chi connectivity index (χ3v) is 6.06. The lowest BCUT2D eigenvalue weighted by Gasteiger charge is -2.25. The number of hydrogen-bond acceptors (Lipinski definition) is 5. The number of nitrogens with one attached hydrogen (secondary N) is 1. The Labute approximate surface area is 218 Å². The lowest BCUT2D eigenvalue weighted by Crippen LogP contribution is -2.46. The molecule has 3 aromatic rings. The molecule has 0 heterocycles. The Hall–Kier alpha value is -4.06. The van der Waals surface area contributed by atoms with Crippen LogP contribution in [0.3, 0.4) is 0 Å². The molecule has 6 nitrogen and oxygen atoms in total. The number of hydrogen-bond donors (Lipinski definition) is 1. The Bertz CT molecular complexity index is 1210. The van der Waals surface area contributed by atoms with Crippen LogP contribution < -0.4 is 10.1 Å². The first-order valence-electron chi connectivity index (χ1n) is 12.4. The summed E-state index contributed by atoms with van der Waals surface area (Å²) in [5, 5.41) is 2.73. The van der Waals surface area contributed by atoms with E-state index in [1.165, 1.54) is 0 Å². The number of benzene rings is 3. The van der Waals surface area contributed by atoms with Gasteiger partial charge in [0.1, 0.15) is 30.6 Å². The van der Waals surface area contributed by atoms with E-state index in [1.807, 2.05) is 48.5 Å². The standard InChI is InChI=1S/C31H33NO5/c1-5-18-35-22-16-14-21(15-17-22)19-28(29(33)37-31(2,3)4)32-30(34)36-20-27-25-12-8-6-10-23(25)24-11-7-9-13-26(24)27/h5-17,27-28H,1,18-20H2,2-4H3,(H,32,34). The molecular formula is C31H33NO5. The fraction of sp³-hybridized carbons (Fsp3) is 0.290. The fourth-order valence-electron chi connectivity index (χ4n) is 4.46.